The van der Waals surface area contributed by atoms with Crippen molar-refractivity contribution in [2.45, 2.75) is 26.7 Å². The van der Waals surface area contributed by atoms with Crippen LogP contribution in [0.3, 0.4) is 0 Å². The molecule has 0 amide bonds. The molecular weight excluding hydrogens is 224 g/mol. The fourth-order valence-electron chi connectivity index (χ4n) is 2.38. The first-order valence-corrected chi connectivity index (χ1v) is 6.60. The van der Waals surface area contributed by atoms with Crippen molar-refractivity contribution in [3.8, 4) is 5.75 Å². The van der Waals surface area contributed by atoms with Gasteiger partial charge in [-0.15, -0.1) is 0 Å². The molecule has 0 aliphatic heterocycles. The van der Waals surface area contributed by atoms with Crippen molar-refractivity contribution in [1.82, 2.24) is 9.88 Å². The fourth-order valence-corrected chi connectivity index (χ4v) is 2.38. The third-order valence-electron chi connectivity index (χ3n) is 3.47. The van der Waals surface area contributed by atoms with Gasteiger partial charge in [0, 0.05) is 23.6 Å². The van der Waals surface area contributed by atoms with Crippen molar-refractivity contribution in [2.75, 3.05) is 20.1 Å². The lowest BCUT2D eigenvalue weighted by molar-refractivity contribution is 0.339. The number of phenolic OH excluding ortho intramolecular Hbond substituents is 1. The molecule has 2 N–H and O–H groups in total. The molecule has 0 saturated heterocycles. The Morgan fingerprint density at radius 3 is 2.78 bits per heavy atom. The van der Waals surface area contributed by atoms with Crippen LogP contribution in [0.1, 0.15) is 24.5 Å². The summed E-state index contributed by atoms with van der Waals surface area (Å²) in [7, 11) is 2.14. The molecule has 2 rings (SSSR count). The lowest BCUT2D eigenvalue weighted by Crippen LogP contribution is -2.21. The molecule has 1 aromatic carbocycles. The third kappa shape index (κ3) is 2.51. The van der Waals surface area contributed by atoms with Crippen molar-refractivity contribution in [3.05, 3.63) is 29.5 Å². The predicted molar refractivity (Wildman–Crippen MR) is 76.2 cm³/mol. The number of aromatic nitrogens is 1. The number of H-pyrrole nitrogens is 1. The molecule has 0 aliphatic rings. The highest BCUT2D eigenvalue weighted by molar-refractivity contribution is 5.90. The quantitative estimate of drug-likeness (QED) is 0.851. The second kappa shape index (κ2) is 5.44. The fraction of sp³-hybridized carbons (Fsp3) is 0.467. The van der Waals surface area contributed by atoms with Crippen molar-refractivity contribution in [3.63, 3.8) is 0 Å². The Balaban J connectivity index is 2.21. The van der Waals surface area contributed by atoms with E-state index in [0.717, 1.165) is 36.0 Å². The number of likely N-dealkylation sites (N-methyl/N-ethyl adjacent to an activating group) is 1. The number of nitrogens with one attached hydrogen (secondary N) is 1. The molecule has 0 bridgehead atoms. The van der Waals surface area contributed by atoms with Crippen LogP contribution in [0.2, 0.25) is 0 Å². The van der Waals surface area contributed by atoms with Gasteiger partial charge in [-0.2, -0.15) is 0 Å². The minimum Gasteiger partial charge on any atom is -0.507 e. The molecule has 0 saturated carbocycles. The zero-order chi connectivity index (χ0) is 13.1. The Morgan fingerprint density at radius 2 is 2.06 bits per heavy atom. The van der Waals surface area contributed by atoms with E-state index in [2.05, 4.69) is 23.9 Å². The summed E-state index contributed by atoms with van der Waals surface area (Å²) >= 11 is 0. The van der Waals surface area contributed by atoms with Crippen molar-refractivity contribution >= 4 is 10.9 Å². The minimum atomic E-state index is 0.418. The van der Waals surface area contributed by atoms with Crippen LogP contribution in [0.5, 0.6) is 5.75 Å². The Bertz CT molecular complexity index is 531. The van der Waals surface area contributed by atoms with E-state index in [1.807, 2.05) is 25.3 Å². The number of rotatable bonds is 5. The Morgan fingerprint density at radius 1 is 1.28 bits per heavy atom. The molecule has 3 heteroatoms. The summed E-state index contributed by atoms with van der Waals surface area (Å²) in [6.07, 6.45) is 4.16. The summed E-state index contributed by atoms with van der Waals surface area (Å²) in [6, 6.07) is 3.98. The van der Waals surface area contributed by atoms with Crippen LogP contribution in [0, 0.1) is 6.92 Å². The van der Waals surface area contributed by atoms with E-state index in [0.29, 0.717) is 5.75 Å². The zero-order valence-electron chi connectivity index (χ0n) is 11.5. The molecule has 0 radical (unpaired) electrons. The number of aryl methyl sites for hydroxylation is 1. The highest BCUT2D eigenvalue weighted by atomic mass is 16.3. The molecule has 0 aliphatic carbocycles. The summed E-state index contributed by atoms with van der Waals surface area (Å²) in [6.45, 7) is 6.27. The largest absolute Gasteiger partial charge is 0.507 e. The van der Waals surface area contributed by atoms with E-state index in [-0.39, 0.29) is 0 Å². The summed E-state index contributed by atoms with van der Waals surface area (Å²) in [5.74, 6) is 0.418. The standard InChI is InChI=1S/C15H22N2O/c1-4-8-17(3)9-7-12-10-16-13-6-5-11(2)15(18)14(12)13/h5-6,10,16,18H,4,7-9H2,1-3H3. The SMILES string of the molecule is CCCN(C)CCc1c[nH]c2ccc(C)c(O)c12. The summed E-state index contributed by atoms with van der Waals surface area (Å²) in [5, 5.41) is 11.1. The predicted octanol–water partition coefficient (Wildman–Crippen LogP) is 3.07. The van der Waals surface area contributed by atoms with Crippen LogP contribution < -0.4 is 0 Å². The first kappa shape index (κ1) is 13.0. The number of aromatic hydroxyl groups is 1. The molecule has 0 unspecified atom stereocenters. The highest BCUT2D eigenvalue weighted by Gasteiger charge is 2.10. The van der Waals surface area contributed by atoms with Crippen LogP contribution in [0.4, 0.5) is 0 Å². The topological polar surface area (TPSA) is 39.3 Å². The van der Waals surface area contributed by atoms with E-state index in [9.17, 15) is 5.11 Å². The maximum atomic E-state index is 10.2. The lowest BCUT2D eigenvalue weighted by Gasteiger charge is -2.14. The van der Waals surface area contributed by atoms with Gasteiger partial charge in [0.25, 0.3) is 0 Å². The molecule has 18 heavy (non-hydrogen) atoms. The normalized spacial score (nSPS) is 11.6. The Hall–Kier alpha value is -1.48. The molecule has 98 valence electrons. The number of phenols is 1. The average Bonchev–Trinajstić information content (AvgIpc) is 2.75. The highest BCUT2D eigenvalue weighted by Crippen LogP contribution is 2.31. The second-order valence-electron chi connectivity index (χ2n) is 5.02. The summed E-state index contributed by atoms with van der Waals surface area (Å²) in [5.41, 5.74) is 3.16. The van der Waals surface area contributed by atoms with Crippen molar-refractivity contribution in [2.24, 2.45) is 0 Å². The number of hydrogen-bond acceptors (Lipinski definition) is 2. The van der Waals surface area contributed by atoms with E-state index < -0.39 is 0 Å². The molecular formula is C15H22N2O. The molecule has 0 fully saturated rings. The van der Waals surface area contributed by atoms with Gasteiger partial charge in [-0.1, -0.05) is 13.0 Å². The summed E-state index contributed by atoms with van der Waals surface area (Å²) in [4.78, 5) is 5.56. The molecule has 2 aromatic rings. The van der Waals surface area contributed by atoms with Gasteiger partial charge in [-0.05, 0) is 50.6 Å². The second-order valence-corrected chi connectivity index (χ2v) is 5.02. The Labute approximate surface area is 108 Å². The van der Waals surface area contributed by atoms with Gasteiger partial charge < -0.3 is 15.0 Å². The summed E-state index contributed by atoms with van der Waals surface area (Å²) < 4.78 is 0. The molecule has 0 spiro atoms. The smallest absolute Gasteiger partial charge is 0.128 e. The number of aromatic amines is 1. The van der Waals surface area contributed by atoms with Crippen LogP contribution in [0.25, 0.3) is 10.9 Å². The molecule has 1 heterocycles. The number of nitrogens with zero attached hydrogens (tertiary/aromatic N) is 1. The van der Waals surface area contributed by atoms with E-state index in [4.69, 9.17) is 0 Å². The van der Waals surface area contributed by atoms with Gasteiger partial charge in [0.15, 0.2) is 0 Å². The first-order chi connectivity index (χ1) is 8.63. The number of fused-ring (bicyclic) bond motifs is 1. The van der Waals surface area contributed by atoms with Gasteiger partial charge >= 0.3 is 0 Å². The molecule has 3 nitrogen and oxygen atoms in total. The van der Waals surface area contributed by atoms with Gasteiger partial charge in [0.05, 0.1) is 0 Å². The first-order valence-electron chi connectivity index (χ1n) is 6.60. The maximum Gasteiger partial charge on any atom is 0.128 e. The van der Waals surface area contributed by atoms with Crippen molar-refractivity contribution < 1.29 is 5.11 Å². The van der Waals surface area contributed by atoms with Crippen LogP contribution in [-0.4, -0.2) is 35.1 Å². The zero-order valence-corrected chi connectivity index (χ0v) is 11.5. The lowest BCUT2D eigenvalue weighted by atomic mass is 10.1. The van der Waals surface area contributed by atoms with Crippen molar-refractivity contribution in [1.29, 1.82) is 0 Å². The monoisotopic (exact) mass is 246 g/mol. The van der Waals surface area contributed by atoms with Crippen LogP contribution in [0.15, 0.2) is 18.3 Å². The van der Waals surface area contributed by atoms with Gasteiger partial charge in [0.2, 0.25) is 0 Å². The number of hydrogen-bond donors (Lipinski definition) is 2. The Kier molecular flexibility index (Phi) is 3.92. The molecule has 1 aromatic heterocycles. The van der Waals surface area contributed by atoms with Crippen LogP contribution >= 0.6 is 0 Å². The van der Waals surface area contributed by atoms with Crippen LogP contribution in [-0.2, 0) is 6.42 Å². The van der Waals surface area contributed by atoms with E-state index in [1.54, 1.807) is 0 Å². The molecule has 0 atom stereocenters. The average molecular weight is 246 g/mol. The maximum absolute atomic E-state index is 10.2. The van der Waals surface area contributed by atoms with E-state index in [1.165, 1.54) is 12.0 Å². The van der Waals surface area contributed by atoms with Gasteiger partial charge in [-0.25, -0.2) is 0 Å². The van der Waals surface area contributed by atoms with Gasteiger partial charge in [-0.3, -0.25) is 0 Å². The van der Waals surface area contributed by atoms with Gasteiger partial charge in [0.1, 0.15) is 5.75 Å². The third-order valence-corrected chi connectivity index (χ3v) is 3.47. The minimum absolute atomic E-state index is 0.418. The van der Waals surface area contributed by atoms with E-state index >= 15 is 0 Å². The number of benzene rings is 1.